The molecule has 0 radical (unpaired) electrons. The Morgan fingerprint density at radius 1 is 1.38 bits per heavy atom. The Kier molecular flexibility index (Phi) is 6.84. The molecule has 0 aliphatic carbocycles. The van der Waals surface area contributed by atoms with Crippen LogP contribution in [-0.4, -0.2) is 25.7 Å². The number of hydrogen-bond acceptors (Lipinski definition) is 2. The number of hydrogen-bond donors (Lipinski definition) is 2. The summed E-state index contributed by atoms with van der Waals surface area (Å²) in [6, 6.07) is 4.77. The van der Waals surface area contributed by atoms with Gasteiger partial charge in [0.15, 0.2) is 5.96 Å². The molecule has 0 fully saturated rings. The van der Waals surface area contributed by atoms with Crippen molar-refractivity contribution >= 4 is 5.96 Å². The number of alkyl halides is 3. The van der Waals surface area contributed by atoms with E-state index in [1.807, 2.05) is 0 Å². The Labute approximate surface area is 122 Å². The smallest absolute Gasteiger partial charge is 0.416 e. The van der Waals surface area contributed by atoms with Crippen LogP contribution in [0.1, 0.15) is 25.3 Å². The quantitative estimate of drug-likeness (QED) is 0.462. The third-order valence-corrected chi connectivity index (χ3v) is 2.63. The molecular weight excluding hydrogens is 283 g/mol. The van der Waals surface area contributed by atoms with Gasteiger partial charge in [0.1, 0.15) is 12.4 Å². The molecule has 1 rings (SSSR count). The van der Waals surface area contributed by atoms with Crippen molar-refractivity contribution < 1.29 is 17.9 Å². The van der Waals surface area contributed by atoms with Crippen LogP contribution in [0.2, 0.25) is 0 Å². The number of halogens is 3. The van der Waals surface area contributed by atoms with E-state index in [4.69, 9.17) is 10.5 Å². The summed E-state index contributed by atoms with van der Waals surface area (Å²) in [6.07, 6.45) is -2.37. The lowest BCUT2D eigenvalue weighted by atomic mass is 10.2. The van der Waals surface area contributed by atoms with Gasteiger partial charge in [0.25, 0.3) is 0 Å². The standard InChI is InChI=1S/C14H20F3N3O/c1-2-3-7-19-13(18)20-8-9-21-12-6-4-5-11(10-12)14(15,16)17/h4-6,10H,2-3,7-9H2,1H3,(H3,18,19,20). The summed E-state index contributed by atoms with van der Waals surface area (Å²) in [6.45, 7) is 3.29. The highest BCUT2D eigenvalue weighted by atomic mass is 19.4. The molecule has 0 aliphatic rings. The molecule has 0 aliphatic heterocycles. The highest BCUT2D eigenvalue weighted by Crippen LogP contribution is 2.31. The zero-order valence-corrected chi connectivity index (χ0v) is 11.9. The predicted octanol–water partition coefficient (Wildman–Crippen LogP) is 2.79. The maximum Gasteiger partial charge on any atom is 0.416 e. The molecule has 0 bridgehead atoms. The zero-order chi connectivity index (χ0) is 15.7. The molecular formula is C14H20F3N3O. The van der Waals surface area contributed by atoms with Crippen LogP contribution in [0.25, 0.3) is 0 Å². The van der Waals surface area contributed by atoms with Crippen molar-refractivity contribution in [1.82, 2.24) is 5.32 Å². The van der Waals surface area contributed by atoms with Crippen molar-refractivity contribution in [2.75, 3.05) is 19.7 Å². The fourth-order valence-corrected chi connectivity index (χ4v) is 1.52. The first-order chi connectivity index (χ1) is 9.93. The monoisotopic (exact) mass is 303 g/mol. The number of benzene rings is 1. The molecule has 1 aromatic rings. The molecule has 0 atom stereocenters. The molecule has 0 saturated heterocycles. The van der Waals surface area contributed by atoms with Gasteiger partial charge in [-0.2, -0.15) is 13.2 Å². The molecule has 0 saturated carbocycles. The van der Waals surface area contributed by atoms with Crippen molar-refractivity contribution in [2.45, 2.75) is 25.9 Å². The zero-order valence-electron chi connectivity index (χ0n) is 11.9. The normalized spacial score (nSPS) is 12.3. The highest BCUT2D eigenvalue weighted by Gasteiger charge is 2.30. The molecule has 0 heterocycles. The summed E-state index contributed by atoms with van der Waals surface area (Å²) in [4.78, 5) is 4.08. The first-order valence-corrected chi connectivity index (χ1v) is 6.77. The average Bonchev–Trinajstić information content (AvgIpc) is 2.43. The third-order valence-electron chi connectivity index (χ3n) is 2.63. The van der Waals surface area contributed by atoms with E-state index in [1.165, 1.54) is 12.1 Å². The minimum atomic E-state index is -4.37. The van der Waals surface area contributed by atoms with E-state index in [2.05, 4.69) is 17.2 Å². The van der Waals surface area contributed by atoms with Crippen molar-refractivity contribution in [2.24, 2.45) is 10.7 Å². The van der Waals surface area contributed by atoms with Crippen LogP contribution in [0, 0.1) is 0 Å². The molecule has 0 unspecified atom stereocenters. The molecule has 3 N–H and O–H groups in total. The second kappa shape index (κ2) is 8.39. The first-order valence-electron chi connectivity index (χ1n) is 6.77. The Morgan fingerprint density at radius 2 is 2.14 bits per heavy atom. The number of aliphatic imine (C=N–C) groups is 1. The lowest BCUT2D eigenvalue weighted by Gasteiger charge is -2.11. The number of rotatable bonds is 7. The number of nitrogens with one attached hydrogen (secondary N) is 1. The number of guanidine groups is 1. The van der Waals surface area contributed by atoms with Crippen LogP contribution < -0.4 is 15.8 Å². The van der Waals surface area contributed by atoms with E-state index >= 15 is 0 Å². The molecule has 21 heavy (non-hydrogen) atoms. The molecule has 1 aromatic carbocycles. The van der Waals surface area contributed by atoms with E-state index in [-0.39, 0.29) is 12.4 Å². The highest BCUT2D eigenvalue weighted by molar-refractivity contribution is 5.77. The van der Waals surface area contributed by atoms with Crippen molar-refractivity contribution in [3.05, 3.63) is 29.8 Å². The second-order valence-electron chi connectivity index (χ2n) is 4.42. The van der Waals surface area contributed by atoms with Gasteiger partial charge in [-0.05, 0) is 24.6 Å². The minimum Gasteiger partial charge on any atom is -0.492 e. The Balaban J connectivity index is 2.35. The van der Waals surface area contributed by atoms with E-state index < -0.39 is 11.7 Å². The van der Waals surface area contributed by atoms with Crippen molar-refractivity contribution in [3.8, 4) is 5.75 Å². The van der Waals surface area contributed by atoms with E-state index in [0.29, 0.717) is 19.0 Å². The van der Waals surface area contributed by atoms with Crippen molar-refractivity contribution in [3.63, 3.8) is 0 Å². The number of nitrogens with two attached hydrogens (primary N) is 1. The molecule has 0 spiro atoms. The number of ether oxygens (including phenoxy) is 1. The number of nitrogens with zero attached hydrogens (tertiary/aromatic N) is 1. The lowest BCUT2D eigenvalue weighted by Crippen LogP contribution is -2.34. The van der Waals surface area contributed by atoms with E-state index in [9.17, 15) is 13.2 Å². The minimum absolute atomic E-state index is 0.174. The van der Waals surface area contributed by atoms with Gasteiger partial charge >= 0.3 is 6.18 Å². The van der Waals surface area contributed by atoms with Gasteiger partial charge in [-0.3, -0.25) is 4.99 Å². The predicted molar refractivity (Wildman–Crippen MR) is 76.3 cm³/mol. The van der Waals surface area contributed by atoms with Crippen LogP contribution in [0.5, 0.6) is 5.75 Å². The summed E-state index contributed by atoms with van der Waals surface area (Å²) >= 11 is 0. The SMILES string of the molecule is CCCCN=C(N)NCCOc1cccc(C(F)(F)F)c1. The van der Waals surface area contributed by atoms with Gasteiger partial charge in [-0.15, -0.1) is 0 Å². The fraction of sp³-hybridized carbons (Fsp3) is 0.500. The van der Waals surface area contributed by atoms with Crippen LogP contribution in [0.3, 0.4) is 0 Å². The summed E-state index contributed by atoms with van der Waals surface area (Å²) < 4.78 is 42.8. The fourth-order valence-electron chi connectivity index (χ4n) is 1.52. The van der Waals surface area contributed by atoms with Gasteiger partial charge in [0.2, 0.25) is 0 Å². The van der Waals surface area contributed by atoms with Crippen LogP contribution >= 0.6 is 0 Å². The maximum absolute atomic E-state index is 12.5. The van der Waals surface area contributed by atoms with Crippen LogP contribution in [0.4, 0.5) is 13.2 Å². The maximum atomic E-state index is 12.5. The molecule has 0 amide bonds. The van der Waals surface area contributed by atoms with Gasteiger partial charge in [0.05, 0.1) is 12.1 Å². The van der Waals surface area contributed by atoms with Crippen LogP contribution in [-0.2, 0) is 6.18 Å². The topological polar surface area (TPSA) is 59.6 Å². The van der Waals surface area contributed by atoms with Gasteiger partial charge < -0.3 is 15.8 Å². The summed E-state index contributed by atoms with van der Waals surface area (Å²) in [5, 5.41) is 2.84. The molecule has 0 aromatic heterocycles. The van der Waals surface area contributed by atoms with E-state index in [1.54, 1.807) is 0 Å². The summed E-state index contributed by atoms with van der Waals surface area (Å²) in [5.74, 6) is 0.490. The molecule has 118 valence electrons. The van der Waals surface area contributed by atoms with Gasteiger partial charge in [-0.25, -0.2) is 0 Å². The van der Waals surface area contributed by atoms with Gasteiger partial charge in [-0.1, -0.05) is 19.4 Å². The van der Waals surface area contributed by atoms with E-state index in [0.717, 1.165) is 25.0 Å². The summed E-state index contributed by atoms with van der Waals surface area (Å²) in [5.41, 5.74) is 4.88. The van der Waals surface area contributed by atoms with Crippen molar-refractivity contribution in [1.29, 1.82) is 0 Å². The Hall–Kier alpha value is -1.92. The first kappa shape index (κ1) is 17.1. The largest absolute Gasteiger partial charge is 0.492 e. The Bertz CT molecular complexity index is 461. The van der Waals surface area contributed by atoms with Crippen LogP contribution in [0.15, 0.2) is 29.3 Å². The summed E-state index contributed by atoms with van der Waals surface area (Å²) in [7, 11) is 0. The molecule has 7 heteroatoms. The number of unbranched alkanes of at least 4 members (excludes halogenated alkanes) is 1. The Morgan fingerprint density at radius 3 is 2.81 bits per heavy atom. The molecule has 4 nitrogen and oxygen atoms in total. The average molecular weight is 303 g/mol. The third kappa shape index (κ3) is 6.87. The second-order valence-corrected chi connectivity index (χ2v) is 4.42. The lowest BCUT2D eigenvalue weighted by molar-refractivity contribution is -0.137. The van der Waals surface area contributed by atoms with Gasteiger partial charge in [0, 0.05) is 6.54 Å².